The van der Waals surface area contributed by atoms with E-state index in [1.807, 2.05) is 5.01 Å². The van der Waals surface area contributed by atoms with E-state index in [0.29, 0.717) is 19.0 Å². The molecule has 7 nitrogen and oxygen atoms in total. The third-order valence-corrected chi connectivity index (χ3v) is 4.60. The second-order valence-electron chi connectivity index (χ2n) is 4.38. The zero-order valence-electron chi connectivity index (χ0n) is 11.0. The topological polar surface area (TPSA) is 74.8 Å². The Morgan fingerprint density at radius 2 is 2.00 bits per heavy atom. The first-order chi connectivity index (χ1) is 9.00. The molecule has 0 spiro atoms. The third kappa shape index (κ3) is 3.41. The summed E-state index contributed by atoms with van der Waals surface area (Å²) in [5.74, 6) is 0.625. The summed E-state index contributed by atoms with van der Waals surface area (Å²) in [4.78, 5) is 4.31. The smallest absolute Gasteiger partial charge is 0.244 e. The van der Waals surface area contributed by atoms with Gasteiger partial charge in [0.2, 0.25) is 10.0 Å². The van der Waals surface area contributed by atoms with Crippen LogP contribution in [0.3, 0.4) is 0 Å². The molecule has 1 aliphatic heterocycles. The molecule has 1 fully saturated rings. The van der Waals surface area contributed by atoms with Gasteiger partial charge in [-0.25, -0.2) is 22.7 Å². The summed E-state index contributed by atoms with van der Waals surface area (Å²) in [5.41, 5.74) is 3.12. The maximum absolute atomic E-state index is 11.9. The van der Waals surface area contributed by atoms with Gasteiger partial charge >= 0.3 is 0 Å². The summed E-state index contributed by atoms with van der Waals surface area (Å²) < 4.78 is 30.2. The van der Waals surface area contributed by atoms with Gasteiger partial charge in [-0.15, -0.1) is 0 Å². The number of nitrogens with one attached hydrogen (secondary N) is 1. The molecule has 0 unspecified atom stereocenters. The van der Waals surface area contributed by atoms with E-state index in [2.05, 4.69) is 10.4 Å². The van der Waals surface area contributed by atoms with E-state index in [-0.39, 0.29) is 4.90 Å². The van der Waals surface area contributed by atoms with Crippen molar-refractivity contribution in [1.82, 2.24) is 14.3 Å². The Labute approximate surface area is 113 Å². The van der Waals surface area contributed by atoms with Crippen LogP contribution in [-0.2, 0) is 14.8 Å². The Kier molecular flexibility index (Phi) is 4.35. The Hall–Kier alpha value is -1.22. The summed E-state index contributed by atoms with van der Waals surface area (Å²) in [7, 11) is -0.427. The maximum Gasteiger partial charge on any atom is 0.244 e. The SMILES string of the molecule is CN(C)S(=O)(=O)c1ccc(NN2CCOCC2)nc1. The Morgan fingerprint density at radius 1 is 1.32 bits per heavy atom. The van der Waals surface area contributed by atoms with Crippen molar-refractivity contribution in [3.8, 4) is 0 Å². The highest BCUT2D eigenvalue weighted by Crippen LogP contribution is 2.14. The number of ether oxygens (including phenoxy) is 1. The molecule has 0 saturated carbocycles. The van der Waals surface area contributed by atoms with E-state index in [1.165, 1.54) is 24.6 Å². The molecule has 0 atom stereocenters. The summed E-state index contributed by atoms with van der Waals surface area (Å²) in [6.45, 7) is 2.92. The maximum atomic E-state index is 11.9. The molecule has 2 rings (SSSR count). The first-order valence-electron chi connectivity index (χ1n) is 5.98. The van der Waals surface area contributed by atoms with Crippen LogP contribution in [0.5, 0.6) is 0 Å². The van der Waals surface area contributed by atoms with Crippen molar-refractivity contribution in [2.75, 3.05) is 45.8 Å². The molecular formula is C11H18N4O3S. The van der Waals surface area contributed by atoms with Crippen molar-refractivity contribution in [2.24, 2.45) is 0 Å². The van der Waals surface area contributed by atoms with Crippen LogP contribution in [0, 0.1) is 0 Å². The van der Waals surface area contributed by atoms with Crippen LogP contribution in [0.15, 0.2) is 23.2 Å². The Balaban J connectivity index is 2.06. The fraction of sp³-hybridized carbons (Fsp3) is 0.545. The normalized spacial score (nSPS) is 17.6. The van der Waals surface area contributed by atoms with E-state index in [1.54, 1.807) is 12.1 Å². The number of nitrogens with zero attached hydrogens (tertiary/aromatic N) is 3. The minimum Gasteiger partial charge on any atom is -0.379 e. The van der Waals surface area contributed by atoms with Gasteiger partial charge in [0.25, 0.3) is 0 Å². The Bertz CT molecular complexity index is 509. The molecule has 1 aliphatic rings. The number of hydrazine groups is 1. The second kappa shape index (κ2) is 5.83. The highest BCUT2D eigenvalue weighted by Gasteiger charge is 2.17. The van der Waals surface area contributed by atoms with Gasteiger partial charge in [0.05, 0.1) is 13.2 Å². The monoisotopic (exact) mass is 286 g/mol. The van der Waals surface area contributed by atoms with Gasteiger partial charge in [-0.2, -0.15) is 0 Å². The van der Waals surface area contributed by atoms with Crippen LogP contribution in [0.1, 0.15) is 0 Å². The minimum atomic E-state index is -3.42. The summed E-state index contributed by atoms with van der Waals surface area (Å²) in [6.07, 6.45) is 1.36. The number of pyridine rings is 1. The molecule has 8 heteroatoms. The second-order valence-corrected chi connectivity index (χ2v) is 6.53. The molecule has 19 heavy (non-hydrogen) atoms. The van der Waals surface area contributed by atoms with E-state index in [9.17, 15) is 8.42 Å². The van der Waals surface area contributed by atoms with Gasteiger partial charge in [0, 0.05) is 33.4 Å². The number of hydrogen-bond acceptors (Lipinski definition) is 6. The standard InChI is InChI=1S/C11H18N4O3S/c1-14(2)19(16,17)10-3-4-11(12-9-10)13-15-5-7-18-8-6-15/h3-4,9H,5-8H2,1-2H3,(H,12,13). The van der Waals surface area contributed by atoms with Gasteiger partial charge in [-0.1, -0.05) is 0 Å². The van der Waals surface area contributed by atoms with Crippen molar-refractivity contribution in [1.29, 1.82) is 0 Å². The molecule has 0 bridgehead atoms. The lowest BCUT2D eigenvalue weighted by atomic mass is 10.4. The largest absolute Gasteiger partial charge is 0.379 e. The fourth-order valence-electron chi connectivity index (χ4n) is 1.65. The van der Waals surface area contributed by atoms with Crippen molar-refractivity contribution < 1.29 is 13.2 Å². The lowest BCUT2D eigenvalue weighted by Gasteiger charge is -2.27. The number of rotatable bonds is 4. The zero-order chi connectivity index (χ0) is 13.9. The van der Waals surface area contributed by atoms with Crippen LogP contribution < -0.4 is 5.43 Å². The first kappa shape index (κ1) is 14.2. The first-order valence-corrected chi connectivity index (χ1v) is 7.42. The average molecular weight is 286 g/mol. The van der Waals surface area contributed by atoms with Crippen molar-refractivity contribution in [2.45, 2.75) is 4.90 Å². The number of anilines is 1. The van der Waals surface area contributed by atoms with Gasteiger partial charge in [-0.05, 0) is 12.1 Å². The zero-order valence-corrected chi connectivity index (χ0v) is 11.9. The molecule has 0 aliphatic carbocycles. The molecular weight excluding hydrogens is 268 g/mol. The summed E-state index contributed by atoms with van der Waals surface area (Å²) >= 11 is 0. The summed E-state index contributed by atoms with van der Waals surface area (Å²) in [6, 6.07) is 3.21. The lowest BCUT2D eigenvalue weighted by Crippen LogP contribution is -2.40. The van der Waals surface area contributed by atoms with Gasteiger partial charge in [0.15, 0.2) is 0 Å². The van der Waals surface area contributed by atoms with Crippen LogP contribution >= 0.6 is 0 Å². The van der Waals surface area contributed by atoms with Crippen LogP contribution in [-0.4, -0.2) is 63.1 Å². The number of aromatic nitrogens is 1. The third-order valence-electron chi connectivity index (χ3n) is 2.80. The number of hydrogen-bond donors (Lipinski definition) is 1. The van der Waals surface area contributed by atoms with E-state index in [0.717, 1.165) is 13.1 Å². The van der Waals surface area contributed by atoms with E-state index >= 15 is 0 Å². The number of morpholine rings is 1. The van der Waals surface area contributed by atoms with Crippen LogP contribution in [0.2, 0.25) is 0 Å². The minimum absolute atomic E-state index is 0.185. The average Bonchev–Trinajstić information content (AvgIpc) is 2.40. The molecule has 0 amide bonds. The van der Waals surface area contributed by atoms with Crippen LogP contribution in [0.25, 0.3) is 0 Å². The van der Waals surface area contributed by atoms with Crippen molar-refractivity contribution in [3.63, 3.8) is 0 Å². The summed E-state index contributed by atoms with van der Waals surface area (Å²) in [5, 5.41) is 1.99. The highest BCUT2D eigenvalue weighted by molar-refractivity contribution is 7.89. The van der Waals surface area contributed by atoms with Gasteiger partial charge in [-0.3, -0.25) is 0 Å². The van der Waals surface area contributed by atoms with E-state index in [4.69, 9.17) is 4.74 Å². The van der Waals surface area contributed by atoms with Gasteiger partial charge in [0.1, 0.15) is 10.7 Å². The lowest BCUT2D eigenvalue weighted by molar-refractivity contribution is 0.0495. The van der Waals surface area contributed by atoms with Crippen molar-refractivity contribution >= 4 is 15.8 Å². The quantitative estimate of drug-likeness (QED) is 0.839. The van der Waals surface area contributed by atoms with E-state index < -0.39 is 10.0 Å². The molecule has 1 N–H and O–H groups in total. The molecule has 2 heterocycles. The van der Waals surface area contributed by atoms with Crippen LogP contribution in [0.4, 0.5) is 5.82 Å². The molecule has 0 aromatic carbocycles. The molecule has 1 aromatic heterocycles. The number of sulfonamides is 1. The fourth-order valence-corrected chi connectivity index (χ4v) is 2.49. The molecule has 1 saturated heterocycles. The predicted octanol–water partition coefficient (Wildman–Crippen LogP) is -0.00900. The Morgan fingerprint density at radius 3 is 2.53 bits per heavy atom. The molecule has 0 radical (unpaired) electrons. The van der Waals surface area contributed by atoms with Gasteiger partial charge < -0.3 is 10.2 Å². The molecule has 1 aromatic rings. The van der Waals surface area contributed by atoms with Crippen molar-refractivity contribution in [3.05, 3.63) is 18.3 Å². The molecule has 106 valence electrons. The predicted molar refractivity (Wildman–Crippen MR) is 71.1 cm³/mol. The highest BCUT2D eigenvalue weighted by atomic mass is 32.2.